The molecular weight excluding hydrogens is 515 g/mol. The predicted octanol–water partition coefficient (Wildman–Crippen LogP) is 2.50. The molecule has 1 saturated heterocycles. The van der Waals surface area contributed by atoms with E-state index in [-0.39, 0.29) is 42.4 Å². The van der Waals surface area contributed by atoms with Gasteiger partial charge in [-0.05, 0) is 43.9 Å². The largest absolute Gasteiger partial charge is 0.377 e. The Labute approximate surface area is 190 Å². The van der Waals surface area contributed by atoms with Crippen LogP contribution in [0.5, 0.6) is 0 Å². The van der Waals surface area contributed by atoms with Crippen molar-refractivity contribution < 1.29 is 13.2 Å². The first-order chi connectivity index (χ1) is 13.0. The van der Waals surface area contributed by atoms with Crippen LogP contribution in [-0.2, 0) is 21.3 Å². The third kappa shape index (κ3) is 10.2. The Morgan fingerprint density at radius 3 is 2.64 bits per heavy atom. The molecule has 1 fully saturated rings. The number of hydrogen-bond acceptors (Lipinski definition) is 4. The summed E-state index contributed by atoms with van der Waals surface area (Å²) >= 11 is 5.88. The summed E-state index contributed by atoms with van der Waals surface area (Å²) in [7, 11) is -3.35. The van der Waals surface area contributed by atoms with Crippen LogP contribution in [-0.4, -0.2) is 52.5 Å². The summed E-state index contributed by atoms with van der Waals surface area (Å²) in [5.74, 6) is 0.559. The van der Waals surface area contributed by atoms with Crippen molar-refractivity contribution in [3.05, 3.63) is 34.9 Å². The smallest absolute Gasteiger partial charge is 0.213 e. The van der Waals surface area contributed by atoms with Crippen LogP contribution in [0.1, 0.15) is 31.7 Å². The molecule has 0 saturated carbocycles. The molecule has 0 radical (unpaired) electrons. The second-order valence-corrected chi connectivity index (χ2v) is 8.77. The van der Waals surface area contributed by atoms with Gasteiger partial charge in [-0.1, -0.05) is 23.7 Å². The molecule has 0 bridgehead atoms. The molecule has 0 aliphatic carbocycles. The highest BCUT2D eigenvalue weighted by Crippen LogP contribution is 2.12. The van der Waals surface area contributed by atoms with Crippen molar-refractivity contribution in [2.24, 2.45) is 4.99 Å². The van der Waals surface area contributed by atoms with Gasteiger partial charge in [0.05, 0.1) is 18.4 Å². The normalized spacial score (nSPS) is 17.6. The highest BCUT2D eigenvalue weighted by molar-refractivity contribution is 14.0. The summed E-state index contributed by atoms with van der Waals surface area (Å²) in [6, 6.07) is 7.47. The van der Waals surface area contributed by atoms with E-state index >= 15 is 0 Å². The second-order valence-electron chi connectivity index (χ2n) is 6.40. The van der Waals surface area contributed by atoms with Crippen molar-refractivity contribution in [2.75, 3.05) is 32.0 Å². The second kappa shape index (κ2) is 13.6. The number of ether oxygens (including phenoxy) is 1. The fourth-order valence-corrected chi connectivity index (χ4v) is 3.75. The molecule has 28 heavy (non-hydrogen) atoms. The lowest BCUT2D eigenvalue weighted by molar-refractivity contribution is 0.0200. The fourth-order valence-electron chi connectivity index (χ4n) is 2.67. The Morgan fingerprint density at radius 2 is 2.00 bits per heavy atom. The van der Waals surface area contributed by atoms with Crippen LogP contribution in [0.15, 0.2) is 29.3 Å². The lowest BCUT2D eigenvalue weighted by Gasteiger charge is -2.22. The zero-order valence-electron chi connectivity index (χ0n) is 16.1. The van der Waals surface area contributed by atoms with Crippen molar-refractivity contribution >= 4 is 51.6 Å². The van der Waals surface area contributed by atoms with E-state index in [1.165, 1.54) is 0 Å². The van der Waals surface area contributed by atoms with E-state index in [0.717, 1.165) is 24.8 Å². The Balaban J connectivity index is 0.00000392. The maximum atomic E-state index is 12.1. The summed E-state index contributed by atoms with van der Waals surface area (Å²) in [5, 5.41) is 6.85. The molecule has 1 aliphatic heterocycles. The van der Waals surface area contributed by atoms with Gasteiger partial charge in [0.2, 0.25) is 10.0 Å². The monoisotopic (exact) mass is 544 g/mol. The van der Waals surface area contributed by atoms with Crippen LogP contribution in [0, 0.1) is 0 Å². The van der Waals surface area contributed by atoms with E-state index in [4.69, 9.17) is 16.3 Å². The summed E-state index contributed by atoms with van der Waals surface area (Å²) < 4.78 is 32.5. The van der Waals surface area contributed by atoms with Crippen molar-refractivity contribution in [3.8, 4) is 0 Å². The third-order valence-corrected chi connectivity index (χ3v) is 5.75. The average molecular weight is 545 g/mol. The lowest BCUT2D eigenvalue weighted by Crippen LogP contribution is -2.42. The lowest BCUT2D eigenvalue weighted by atomic mass is 10.1. The minimum absolute atomic E-state index is 0. The van der Waals surface area contributed by atoms with Crippen LogP contribution < -0.4 is 15.4 Å². The predicted molar refractivity (Wildman–Crippen MR) is 125 cm³/mol. The Bertz CT molecular complexity index is 695. The first-order valence-corrected chi connectivity index (χ1v) is 11.4. The molecule has 0 amide bonds. The van der Waals surface area contributed by atoms with Crippen molar-refractivity contribution in [1.82, 2.24) is 15.4 Å². The van der Waals surface area contributed by atoms with Gasteiger partial charge < -0.3 is 15.4 Å². The average Bonchev–Trinajstić information content (AvgIpc) is 2.66. The van der Waals surface area contributed by atoms with Gasteiger partial charge in [0.25, 0.3) is 0 Å². The Hall–Kier alpha value is -0.620. The van der Waals surface area contributed by atoms with E-state index < -0.39 is 10.0 Å². The van der Waals surface area contributed by atoms with Gasteiger partial charge in [-0.15, -0.1) is 24.0 Å². The summed E-state index contributed by atoms with van der Waals surface area (Å²) in [6.45, 7) is 4.46. The molecule has 1 aromatic rings. The van der Waals surface area contributed by atoms with Crippen LogP contribution >= 0.6 is 35.6 Å². The van der Waals surface area contributed by atoms with Gasteiger partial charge in [0.15, 0.2) is 5.96 Å². The molecule has 1 atom stereocenters. The molecule has 10 heteroatoms. The number of sulfonamides is 1. The topological polar surface area (TPSA) is 91.8 Å². The molecule has 2 rings (SSSR count). The minimum atomic E-state index is -3.35. The highest BCUT2D eigenvalue weighted by atomic mass is 127. The summed E-state index contributed by atoms with van der Waals surface area (Å²) in [6.07, 6.45) is 3.03. The number of rotatable bonds is 9. The summed E-state index contributed by atoms with van der Waals surface area (Å²) in [4.78, 5) is 4.47. The Kier molecular flexibility index (Phi) is 12.3. The molecule has 7 nitrogen and oxygen atoms in total. The first kappa shape index (κ1) is 25.4. The molecule has 3 N–H and O–H groups in total. The van der Waals surface area contributed by atoms with Gasteiger partial charge in [-0.3, -0.25) is 0 Å². The van der Waals surface area contributed by atoms with Crippen molar-refractivity contribution in [2.45, 2.75) is 38.8 Å². The van der Waals surface area contributed by atoms with E-state index in [1.54, 1.807) is 0 Å². The minimum Gasteiger partial charge on any atom is -0.377 e. The molecule has 1 unspecified atom stereocenters. The molecule has 1 aliphatic rings. The van der Waals surface area contributed by atoms with E-state index in [2.05, 4.69) is 20.3 Å². The van der Waals surface area contributed by atoms with Gasteiger partial charge >= 0.3 is 0 Å². The van der Waals surface area contributed by atoms with E-state index in [0.29, 0.717) is 37.2 Å². The van der Waals surface area contributed by atoms with Crippen molar-refractivity contribution in [3.63, 3.8) is 0 Å². The van der Waals surface area contributed by atoms with E-state index in [9.17, 15) is 8.42 Å². The van der Waals surface area contributed by atoms with Gasteiger partial charge in [0, 0.05) is 31.3 Å². The Morgan fingerprint density at radius 1 is 1.25 bits per heavy atom. The standard InChI is InChI=1S/C18H29ClN4O3S.HI/c1-2-20-18(22-13-15-6-8-16(19)9-7-15)21-10-12-27(24,25)23-14-17-5-3-4-11-26-17;/h6-9,17,23H,2-5,10-14H2,1H3,(H2,20,21,22);1H. The van der Waals surface area contributed by atoms with Gasteiger partial charge in [-0.25, -0.2) is 18.1 Å². The maximum Gasteiger partial charge on any atom is 0.213 e. The number of guanidine groups is 1. The summed E-state index contributed by atoms with van der Waals surface area (Å²) in [5.41, 5.74) is 1.03. The number of hydrogen-bond donors (Lipinski definition) is 3. The number of nitrogens with zero attached hydrogens (tertiary/aromatic N) is 1. The zero-order valence-corrected chi connectivity index (χ0v) is 20.0. The van der Waals surface area contributed by atoms with Crippen LogP contribution in [0.25, 0.3) is 0 Å². The third-order valence-electron chi connectivity index (χ3n) is 4.15. The molecule has 0 spiro atoms. The zero-order chi connectivity index (χ0) is 19.5. The number of halogens is 2. The number of benzene rings is 1. The van der Waals surface area contributed by atoms with Crippen LogP contribution in [0.2, 0.25) is 5.02 Å². The maximum absolute atomic E-state index is 12.1. The van der Waals surface area contributed by atoms with Gasteiger partial charge in [-0.2, -0.15) is 0 Å². The SMILES string of the molecule is CCNC(=NCc1ccc(Cl)cc1)NCCS(=O)(=O)NCC1CCCCO1.I. The van der Waals surface area contributed by atoms with Crippen LogP contribution in [0.3, 0.4) is 0 Å². The molecule has 160 valence electrons. The quantitative estimate of drug-likeness (QED) is 0.252. The number of aliphatic imine (C=N–C) groups is 1. The molecule has 0 aromatic heterocycles. The molecular formula is C18H30ClIN4O3S. The molecule has 1 aromatic carbocycles. The molecule has 1 heterocycles. The number of nitrogens with one attached hydrogen (secondary N) is 3. The van der Waals surface area contributed by atoms with Crippen molar-refractivity contribution in [1.29, 1.82) is 0 Å². The van der Waals surface area contributed by atoms with E-state index in [1.807, 2.05) is 31.2 Å². The van der Waals surface area contributed by atoms with Gasteiger partial charge in [0.1, 0.15) is 0 Å². The van der Waals surface area contributed by atoms with Crippen LogP contribution in [0.4, 0.5) is 0 Å². The fraction of sp³-hybridized carbons (Fsp3) is 0.611. The first-order valence-electron chi connectivity index (χ1n) is 9.34. The highest BCUT2D eigenvalue weighted by Gasteiger charge is 2.17.